The molecule has 0 saturated carbocycles. The predicted octanol–water partition coefficient (Wildman–Crippen LogP) is 2.45. The van der Waals surface area contributed by atoms with Crippen LogP contribution in [0.15, 0.2) is 53.6 Å². The highest BCUT2D eigenvalue weighted by molar-refractivity contribution is 7.89. The fourth-order valence-electron chi connectivity index (χ4n) is 3.15. The minimum absolute atomic E-state index is 0.248. The number of hydrogen-bond donors (Lipinski definition) is 1. The van der Waals surface area contributed by atoms with Gasteiger partial charge in [0, 0.05) is 38.4 Å². The van der Waals surface area contributed by atoms with Gasteiger partial charge in [-0.1, -0.05) is 30.3 Å². The molecule has 0 spiro atoms. The third-order valence-electron chi connectivity index (χ3n) is 4.94. The Morgan fingerprint density at radius 2 is 1.78 bits per heavy atom. The van der Waals surface area contributed by atoms with Gasteiger partial charge in [0.05, 0.1) is 0 Å². The highest BCUT2D eigenvalue weighted by atomic mass is 32.2. The van der Waals surface area contributed by atoms with Crippen LogP contribution in [0.1, 0.15) is 18.9 Å². The summed E-state index contributed by atoms with van der Waals surface area (Å²) in [6.07, 6.45) is 3.43. The van der Waals surface area contributed by atoms with E-state index in [1.807, 2.05) is 13.1 Å². The van der Waals surface area contributed by atoms with Gasteiger partial charge in [-0.25, -0.2) is 13.4 Å². The van der Waals surface area contributed by atoms with Crippen molar-refractivity contribution in [1.29, 1.82) is 0 Å². The maximum absolute atomic E-state index is 12.7. The highest BCUT2D eigenvalue weighted by Gasteiger charge is 2.27. The van der Waals surface area contributed by atoms with Gasteiger partial charge in [0.2, 0.25) is 10.0 Å². The van der Waals surface area contributed by atoms with Crippen molar-refractivity contribution < 1.29 is 8.42 Å². The fraction of sp³-hybridized carbons (Fsp3) is 0.450. The van der Waals surface area contributed by atoms with Crippen LogP contribution in [0.4, 0.5) is 5.82 Å². The molecular weight excluding hydrogens is 360 g/mol. The van der Waals surface area contributed by atoms with Gasteiger partial charge >= 0.3 is 0 Å². The molecule has 1 aliphatic heterocycles. The molecule has 6 nitrogen and oxygen atoms in total. The maximum Gasteiger partial charge on any atom is 0.244 e. The van der Waals surface area contributed by atoms with Crippen molar-refractivity contribution in [2.45, 2.75) is 30.7 Å². The summed E-state index contributed by atoms with van der Waals surface area (Å²) in [6.45, 7) is 4.67. The summed E-state index contributed by atoms with van der Waals surface area (Å²) in [5.74, 6) is 0.702. The summed E-state index contributed by atoms with van der Waals surface area (Å²) in [4.78, 5) is 6.71. The van der Waals surface area contributed by atoms with Crippen molar-refractivity contribution in [3.63, 3.8) is 0 Å². The van der Waals surface area contributed by atoms with E-state index in [0.717, 1.165) is 25.9 Å². The van der Waals surface area contributed by atoms with Gasteiger partial charge in [0.15, 0.2) is 0 Å². The van der Waals surface area contributed by atoms with Gasteiger partial charge in [0.25, 0.3) is 0 Å². The molecule has 1 fully saturated rings. The number of aryl methyl sites for hydroxylation is 1. The fourth-order valence-corrected chi connectivity index (χ4v) is 4.52. The number of nitrogens with zero attached hydrogens (tertiary/aromatic N) is 3. The van der Waals surface area contributed by atoms with Crippen LogP contribution >= 0.6 is 0 Å². The lowest BCUT2D eigenvalue weighted by molar-refractivity contribution is 0.222. The Morgan fingerprint density at radius 1 is 1.07 bits per heavy atom. The second-order valence-electron chi connectivity index (χ2n) is 7.16. The molecule has 2 heterocycles. The van der Waals surface area contributed by atoms with Crippen LogP contribution in [-0.4, -0.2) is 61.9 Å². The van der Waals surface area contributed by atoms with E-state index < -0.39 is 10.0 Å². The van der Waals surface area contributed by atoms with Crippen LogP contribution in [0.5, 0.6) is 0 Å². The van der Waals surface area contributed by atoms with E-state index in [-0.39, 0.29) is 10.9 Å². The van der Waals surface area contributed by atoms with Gasteiger partial charge in [-0.2, -0.15) is 4.31 Å². The van der Waals surface area contributed by atoms with E-state index in [9.17, 15) is 8.42 Å². The second kappa shape index (κ2) is 8.82. The highest BCUT2D eigenvalue weighted by Crippen LogP contribution is 2.18. The van der Waals surface area contributed by atoms with Crippen molar-refractivity contribution in [2.24, 2.45) is 0 Å². The molecule has 1 saturated heterocycles. The SMILES string of the molecule is CC(CCc1ccccc1)Nc1ccc(S(=O)(=O)N2CCN(C)CC2)cn1. The summed E-state index contributed by atoms with van der Waals surface area (Å²) in [5.41, 5.74) is 1.31. The number of rotatable bonds is 7. The Bertz CT molecular complexity index is 817. The molecule has 2 aromatic rings. The smallest absolute Gasteiger partial charge is 0.244 e. The van der Waals surface area contributed by atoms with Crippen molar-refractivity contribution in [1.82, 2.24) is 14.2 Å². The zero-order valence-electron chi connectivity index (χ0n) is 16.0. The maximum atomic E-state index is 12.7. The van der Waals surface area contributed by atoms with E-state index in [1.54, 1.807) is 16.4 Å². The molecule has 1 aromatic heterocycles. The number of benzene rings is 1. The Labute approximate surface area is 162 Å². The molecule has 1 unspecified atom stereocenters. The van der Waals surface area contributed by atoms with Crippen LogP contribution in [0.25, 0.3) is 0 Å². The number of piperazine rings is 1. The number of pyridine rings is 1. The number of sulfonamides is 1. The summed E-state index contributed by atoms with van der Waals surface area (Å²) in [5, 5.41) is 3.35. The molecule has 1 atom stereocenters. The Hall–Kier alpha value is -1.96. The largest absolute Gasteiger partial charge is 0.368 e. The van der Waals surface area contributed by atoms with Gasteiger partial charge in [-0.05, 0) is 44.5 Å². The van der Waals surface area contributed by atoms with E-state index >= 15 is 0 Å². The second-order valence-corrected chi connectivity index (χ2v) is 9.09. The average molecular weight is 389 g/mol. The lowest BCUT2D eigenvalue weighted by atomic mass is 10.1. The molecular formula is C20H28N4O2S. The molecule has 1 aromatic carbocycles. The average Bonchev–Trinajstić information content (AvgIpc) is 2.68. The lowest BCUT2D eigenvalue weighted by Gasteiger charge is -2.31. The van der Waals surface area contributed by atoms with Crippen LogP contribution in [0, 0.1) is 0 Å². The number of aromatic nitrogens is 1. The molecule has 1 aliphatic rings. The first-order valence-electron chi connectivity index (χ1n) is 9.40. The first kappa shape index (κ1) is 19.8. The summed E-state index contributed by atoms with van der Waals surface area (Å²) in [6, 6.07) is 14.0. The monoisotopic (exact) mass is 388 g/mol. The summed E-state index contributed by atoms with van der Waals surface area (Å²) in [7, 11) is -1.46. The number of hydrogen-bond acceptors (Lipinski definition) is 5. The minimum atomic E-state index is -3.46. The Balaban J connectivity index is 1.56. The van der Waals surface area contributed by atoms with E-state index in [0.29, 0.717) is 18.9 Å². The molecule has 7 heteroatoms. The van der Waals surface area contributed by atoms with Gasteiger partial charge in [0.1, 0.15) is 10.7 Å². The van der Waals surface area contributed by atoms with Crippen LogP contribution < -0.4 is 5.32 Å². The first-order chi connectivity index (χ1) is 12.9. The van der Waals surface area contributed by atoms with Crippen LogP contribution in [0.2, 0.25) is 0 Å². The first-order valence-corrected chi connectivity index (χ1v) is 10.8. The van der Waals surface area contributed by atoms with E-state index in [4.69, 9.17) is 0 Å². The van der Waals surface area contributed by atoms with Gasteiger partial charge in [-0.3, -0.25) is 0 Å². The van der Waals surface area contributed by atoms with Crippen molar-refractivity contribution in [2.75, 3.05) is 38.5 Å². The Kier molecular flexibility index (Phi) is 6.46. The molecule has 3 rings (SSSR count). The van der Waals surface area contributed by atoms with Gasteiger partial charge in [-0.15, -0.1) is 0 Å². The number of anilines is 1. The van der Waals surface area contributed by atoms with Crippen molar-refractivity contribution in [3.05, 3.63) is 54.2 Å². The molecule has 0 bridgehead atoms. The topological polar surface area (TPSA) is 65.5 Å². The summed E-state index contributed by atoms with van der Waals surface area (Å²) >= 11 is 0. The van der Waals surface area contributed by atoms with Gasteiger partial charge < -0.3 is 10.2 Å². The predicted molar refractivity (Wildman–Crippen MR) is 108 cm³/mol. The molecule has 0 radical (unpaired) electrons. The van der Waals surface area contributed by atoms with Crippen molar-refractivity contribution >= 4 is 15.8 Å². The molecule has 0 amide bonds. The third kappa shape index (κ3) is 5.28. The van der Waals surface area contributed by atoms with E-state index in [2.05, 4.69) is 46.4 Å². The zero-order valence-corrected chi connectivity index (χ0v) is 16.8. The van der Waals surface area contributed by atoms with Crippen molar-refractivity contribution in [3.8, 4) is 0 Å². The molecule has 146 valence electrons. The third-order valence-corrected chi connectivity index (χ3v) is 6.82. The standard InChI is InChI=1S/C20H28N4O2S/c1-17(8-9-18-6-4-3-5-7-18)22-20-11-10-19(16-21-20)27(25,26)24-14-12-23(2)13-15-24/h3-7,10-11,16-17H,8-9,12-15H2,1-2H3,(H,21,22). The molecule has 1 N–H and O–H groups in total. The van der Waals surface area contributed by atoms with E-state index in [1.165, 1.54) is 11.8 Å². The molecule has 27 heavy (non-hydrogen) atoms. The number of nitrogens with one attached hydrogen (secondary N) is 1. The normalized spacial score (nSPS) is 17.6. The minimum Gasteiger partial charge on any atom is -0.368 e. The van der Waals surface area contributed by atoms with Crippen LogP contribution in [-0.2, 0) is 16.4 Å². The lowest BCUT2D eigenvalue weighted by Crippen LogP contribution is -2.47. The quantitative estimate of drug-likeness (QED) is 0.789. The zero-order chi connectivity index (χ0) is 19.3. The molecule has 0 aliphatic carbocycles. The number of likely N-dealkylation sites (N-methyl/N-ethyl adjacent to an activating group) is 1. The van der Waals surface area contributed by atoms with Crippen LogP contribution in [0.3, 0.4) is 0 Å². The Morgan fingerprint density at radius 3 is 2.41 bits per heavy atom. The summed E-state index contributed by atoms with van der Waals surface area (Å²) < 4.78 is 27.0.